The van der Waals surface area contributed by atoms with Crippen molar-refractivity contribution in [2.45, 2.75) is 236 Å². The first-order chi connectivity index (χ1) is 65.7. The van der Waals surface area contributed by atoms with Crippen LogP contribution in [0.25, 0.3) is 44.1 Å². The van der Waals surface area contributed by atoms with Gasteiger partial charge in [-0.25, -0.2) is 33.6 Å². The average molecular weight is 2120 g/mol. The third-order valence-corrected chi connectivity index (χ3v) is 22.7. The van der Waals surface area contributed by atoms with E-state index < -0.39 is 59.3 Å². The third kappa shape index (κ3) is 39.1. The number of hydrogen-bond acceptors (Lipinski definition) is 27. The maximum Gasteiger partial charge on any atom is 0.407 e. The van der Waals surface area contributed by atoms with Gasteiger partial charge in [0.15, 0.2) is 23.1 Å². The number of amides is 3. The van der Waals surface area contributed by atoms with Crippen molar-refractivity contribution < 1.29 is 105 Å². The Labute approximate surface area is 861 Å². The zero-order valence-electron chi connectivity index (χ0n) is 82.5. The first-order valence-corrected chi connectivity index (χ1v) is 47.2. The topological polar surface area (TPSA) is 459 Å². The zero-order valence-corrected chi connectivity index (χ0v) is 86.4. The molecule has 4 aliphatic rings. The predicted molar refractivity (Wildman–Crippen MR) is 564 cm³/mol. The molecule has 4 aliphatic carbocycles. The summed E-state index contributed by atoms with van der Waals surface area (Å²) >= 11 is 3.43. The second kappa shape index (κ2) is 63.5. The van der Waals surface area contributed by atoms with Crippen LogP contribution in [0.15, 0.2) is 96.4 Å². The van der Waals surface area contributed by atoms with Gasteiger partial charge >= 0.3 is 41.0 Å². The summed E-state index contributed by atoms with van der Waals surface area (Å²) in [5, 5.41) is 7.82. The van der Waals surface area contributed by atoms with E-state index in [0.717, 1.165) is 68.0 Å². The first kappa shape index (κ1) is 129. The van der Waals surface area contributed by atoms with Gasteiger partial charge in [0.05, 0.1) is 179 Å². The molecule has 0 spiro atoms. The molecular formula is C103H153BrClN12O26P. The van der Waals surface area contributed by atoms with Gasteiger partial charge in [-0.05, 0) is 177 Å². The highest BCUT2D eigenvalue weighted by molar-refractivity contribution is 9.10. The Morgan fingerprint density at radius 3 is 0.986 bits per heavy atom. The van der Waals surface area contributed by atoms with Crippen LogP contribution < -0.4 is 44.4 Å². The highest BCUT2D eigenvalue weighted by atomic mass is 79.9. The van der Waals surface area contributed by atoms with Crippen molar-refractivity contribution in [1.29, 1.82) is 0 Å². The van der Waals surface area contributed by atoms with E-state index >= 15 is 0 Å². The van der Waals surface area contributed by atoms with Crippen molar-refractivity contribution in [3.63, 3.8) is 0 Å². The van der Waals surface area contributed by atoms with Crippen LogP contribution in [0.2, 0.25) is 0 Å². The Hall–Kier alpha value is -10.9. The summed E-state index contributed by atoms with van der Waals surface area (Å²) < 4.78 is 71.5. The van der Waals surface area contributed by atoms with Crippen molar-refractivity contribution in [3.8, 4) is 24.2 Å². The molecule has 4 fully saturated rings. The molecule has 4 aromatic heterocycles. The van der Waals surface area contributed by atoms with E-state index in [0.29, 0.717) is 200 Å². The lowest BCUT2D eigenvalue weighted by Gasteiger charge is -2.21. The van der Waals surface area contributed by atoms with Gasteiger partial charge in [0.2, 0.25) is 0 Å². The molecule has 3 amide bonds. The van der Waals surface area contributed by atoms with E-state index in [2.05, 4.69) is 49.6 Å². The van der Waals surface area contributed by atoms with Crippen LogP contribution in [0.4, 0.5) is 14.4 Å². The monoisotopic (exact) mass is 2120 g/mol. The number of benzene rings is 4. The molecule has 5 N–H and O–H groups in total. The molecule has 800 valence electrons. The molecule has 4 aromatic carbocycles. The second-order valence-electron chi connectivity index (χ2n) is 36.2. The minimum atomic E-state index is -0.634. The minimum absolute atomic E-state index is 0. The number of fused-ring (bicyclic) bond motifs is 4. The van der Waals surface area contributed by atoms with Crippen LogP contribution in [-0.2, 0) is 131 Å². The summed E-state index contributed by atoms with van der Waals surface area (Å²) in [7, 11) is 6.78. The quantitative estimate of drug-likeness (QED) is 0.00923. The molecule has 0 aliphatic heterocycles. The minimum Gasteiger partial charge on any atom is -0.444 e. The molecule has 12 rings (SSSR count). The number of Topliss-reactive ketones (excluding diaryl/α,β-unsaturated/α-hetero) is 8. The summed E-state index contributed by atoms with van der Waals surface area (Å²) in [5.74, 6) is 7.34. The van der Waals surface area contributed by atoms with E-state index in [1.165, 1.54) is 18.3 Å². The number of para-hydroxylation sites is 4. The SMILES string of the molecule is C.C.C.C.C#CCOCCOCCNC(=O)OC(C)(C)C.Cl.Cn1c(=O)n(C2CCC(=O)CC2=O)c2cccc(Br)c21.Cn1c(=O)n(C2CCC(=O)CC2=O)c2cccc(C#CCOCCOCCNC(=O)OC(C)(C)C)c21.Cn1c(=O)n(C2CCC(=O)CC2=O)c2cccc(CCCOCCOCCN)c21.Cn1c(=O)n(C2CCC(=O)CC2=O)c2cccc(CCCOCCOCCNC(=O)OC(C)(C)C)c21.P. The zero-order chi connectivity index (χ0) is 101. The lowest BCUT2D eigenvalue weighted by Crippen LogP contribution is -2.34. The van der Waals surface area contributed by atoms with Crippen LogP contribution >= 0.6 is 38.2 Å². The van der Waals surface area contributed by atoms with Gasteiger partial charge in [0.25, 0.3) is 0 Å². The highest BCUT2D eigenvalue weighted by Gasteiger charge is 2.37. The summed E-state index contributed by atoms with van der Waals surface area (Å²) in [6, 6.07) is 20.1. The third-order valence-electron chi connectivity index (χ3n) is 22.1. The molecule has 4 saturated carbocycles. The van der Waals surface area contributed by atoms with E-state index in [4.69, 9.17) is 64.3 Å². The van der Waals surface area contributed by atoms with Crippen molar-refractivity contribution in [2.24, 2.45) is 33.9 Å². The molecule has 0 radical (unpaired) electrons. The number of aryl methyl sites for hydroxylation is 6. The molecule has 0 saturated heterocycles. The number of rotatable bonds is 37. The van der Waals surface area contributed by atoms with Gasteiger partial charge < -0.3 is 73.8 Å². The molecule has 5 atom stereocenters. The Bertz CT molecular complexity index is 5960. The number of terminal acetylenes is 1. The normalized spacial score (nSPS) is 15.7. The van der Waals surface area contributed by atoms with Crippen molar-refractivity contribution in [1.82, 2.24) is 52.5 Å². The van der Waals surface area contributed by atoms with Gasteiger partial charge in [-0.2, -0.15) is 9.90 Å². The number of alkyl carbamates (subject to hydrolysis) is 3. The van der Waals surface area contributed by atoms with Gasteiger partial charge in [-0.1, -0.05) is 83.9 Å². The van der Waals surface area contributed by atoms with Crippen LogP contribution in [0.5, 0.6) is 0 Å². The number of ketones is 8. The Balaban J connectivity index is 0.000000617. The summed E-state index contributed by atoms with van der Waals surface area (Å²) in [5.41, 5.74) is 11.4. The van der Waals surface area contributed by atoms with Crippen LogP contribution in [-0.4, -0.2) is 250 Å². The molecule has 144 heavy (non-hydrogen) atoms. The standard InChI is InChI=1S/C26H37N3O7.C26H33N3O7.C21H29N3O5.C14H13BrN2O3.C12H21NO4.4CH4.ClH.H3P/c2*1-26(2,3)36-24(32)27-12-14-35-16-15-34-13-6-8-18-7-5-9-21-23(18)28(4)25(33)29(21)20-11-10-19(30)17-22(20)31;1-23-20-15(5-3-10-28-12-13-29-11-9-22)4-2-6-18(20)24(21(23)27)17-8-7-16(25)14-19(17)26;1-16-13-9(15)3-2-4-11(13)17(14(16)20)10-6-5-8(18)7-12(10)19;1-5-7-15-9-10-16-8-6-13-11(14)17-12(2,3)4;;;;;;/h5,7,9,20H,6,8,10-17H2,1-4H3,(H,27,32);5,7,9,20H,10-17H2,1-4H3,(H,27,32);2,4,6,17H,3,5,7-14,22H2,1H3;2-4,10H,5-7H2,1H3;1H,6-10H2,2-4H3,(H,13,14);4*1H4;1H;1H3. The number of imidazole rings is 4. The molecule has 5 unspecified atom stereocenters. The number of nitrogens with one attached hydrogen (secondary N) is 3. The van der Waals surface area contributed by atoms with Crippen LogP contribution in [0.1, 0.15) is 223 Å². The predicted octanol–water partition coefficient (Wildman–Crippen LogP) is 12.1. The second-order valence-corrected chi connectivity index (χ2v) is 37.1. The van der Waals surface area contributed by atoms with Gasteiger partial charge in [0, 0.05) is 97.7 Å². The number of carbonyl (C=O) groups is 11. The van der Waals surface area contributed by atoms with E-state index in [-0.39, 0.29) is 153 Å². The average Bonchev–Trinajstić information content (AvgIpc) is 1.64. The van der Waals surface area contributed by atoms with Gasteiger partial charge in [-0.3, -0.25) is 74.9 Å². The smallest absolute Gasteiger partial charge is 0.407 e. The fourth-order valence-electron chi connectivity index (χ4n) is 16.0. The lowest BCUT2D eigenvalue weighted by molar-refractivity contribution is -0.133. The van der Waals surface area contributed by atoms with Crippen molar-refractivity contribution in [3.05, 3.63) is 136 Å². The van der Waals surface area contributed by atoms with E-state index in [1.807, 2.05) is 102 Å². The largest absolute Gasteiger partial charge is 0.444 e. The lowest BCUT2D eigenvalue weighted by atomic mass is 9.92. The number of hydrogen-bond donors (Lipinski definition) is 4. The molecule has 4 heterocycles. The Morgan fingerprint density at radius 2 is 0.667 bits per heavy atom. The summed E-state index contributed by atoms with van der Waals surface area (Å²) in [6.45, 7) is 24.6. The molecule has 38 nitrogen and oxygen atoms in total. The number of halogens is 2. The fourth-order valence-corrected chi connectivity index (χ4v) is 16.6. The molecule has 41 heteroatoms. The number of ether oxygens (including phenoxy) is 11. The Morgan fingerprint density at radius 1 is 0.389 bits per heavy atom. The fraction of sp³-hybridized carbons (Fsp3) is 0.583. The molecule has 8 aromatic rings. The van der Waals surface area contributed by atoms with Crippen LogP contribution in [0.3, 0.4) is 0 Å². The number of aromatic nitrogens is 8. The highest BCUT2D eigenvalue weighted by Crippen LogP contribution is 2.34. The molecule has 0 bridgehead atoms. The number of nitrogens with two attached hydrogens (primary N) is 1. The first-order valence-electron chi connectivity index (χ1n) is 46.4. The van der Waals surface area contributed by atoms with Crippen molar-refractivity contribution in [2.75, 3.05) is 132 Å². The summed E-state index contributed by atoms with van der Waals surface area (Å²) in [4.78, 5) is 181. The van der Waals surface area contributed by atoms with Gasteiger partial charge in [-0.15, -0.1) is 18.8 Å². The van der Waals surface area contributed by atoms with Crippen LogP contribution in [0, 0.1) is 24.2 Å². The number of carbonyl (C=O) groups excluding carboxylic acids is 11. The van der Waals surface area contributed by atoms with E-state index in [1.54, 1.807) is 79.4 Å². The Kier molecular flexibility index (Phi) is 56.9. The van der Waals surface area contributed by atoms with Gasteiger partial charge in [0.1, 0.15) is 53.1 Å². The maximum atomic E-state index is 13.0. The number of nitrogens with zero attached hydrogens (tertiary/aromatic N) is 8. The maximum absolute atomic E-state index is 13.0. The van der Waals surface area contributed by atoms with E-state index in [9.17, 15) is 71.9 Å². The van der Waals surface area contributed by atoms with Crippen molar-refractivity contribution >= 4 is 147 Å². The summed E-state index contributed by atoms with van der Waals surface area (Å²) in [6.07, 6.45) is 9.07. The molecular weight excluding hydrogens is 1970 g/mol.